The summed E-state index contributed by atoms with van der Waals surface area (Å²) in [5.74, 6) is 0.0573. The first kappa shape index (κ1) is 19.0. The van der Waals surface area contributed by atoms with Crippen molar-refractivity contribution in [2.45, 2.75) is 51.0 Å². The van der Waals surface area contributed by atoms with Gasteiger partial charge in [0.05, 0.1) is 0 Å². The topological polar surface area (TPSA) is 23.6 Å². The molecule has 3 nitrogen and oxygen atoms in total. The monoisotopic (exact) mass is 380 g/mol. The third kappa shape index (κ3) is 4.21. The van der Waals surface area contributed by atoms with Crippen molar-refractivity contribution in [1.82, 2.24) is 4.90 Å². The van der Waals surface area contributed by atoms with Gasteiger partial charge in [-0.1, -0.05) is 36.4 Å². The smallest absolute Gasteiger partial charge is 0.222 e. The molecule has 1 amide bonds. The highest BCUT2D eigenvalue weighted by Gasteiger charge is 2.30. The van der Waals surface area contributed by atoms with Crippen molar-refractivity contribution in [3.63, 3.8) is 0 Å². The van der Waals surface area contributed by atoms with Crippen molar-refractivity contribution in [1.29, 1.82) is 0 Å². The van der Waals surface area contributed by atoms with Crippen LogP contribution >= 0.6 is 0 Å². The highest BCUT2D eigenvalue weighted by molar-refractivity contribution is 5.77. The standard InChI is InChI=1S/C24H29FN2O/c25-22-13-3-1-8-19(22)10-5-15-24(28)27-17-7-12-21(27)18-26-16-6-11-20-9-2-4-14-23(20)26/h1-4,8-9,13-14,21H,5-7,10-12,15-18H2. The van der Waals surface area contributed by atoms with Crippen molar-refractivity contribution in [3.05, 3.63) is 65.5 Å². The highest BCUT2D eigenvalue weighted by atomic mass is 19.1. The molecule has 0 spiro atoms. The summed E-state index contributed by atoms with van der Waals surface area (Å²) in [7, 11) is 0. The van der Waals surface area contributed by atoms with Crippen LogP contribution in [0.2, 0.25) is 0 Å². The maximum Gasteiger partial charge on any atom is 0.222 e. The summed E-state index contributed by atoms with van der Waals surface area (Å²) in [5.41, 5.74) is 3.47. The van der Waals surface area contributed by atoms with Crippen LogP contribution in [0.3, 0.4) is 0 Å². The molecule has 2 aromatic rings. The number of likely N-dealkylation sites (tertiary alicyclic amines) is 1. The molecule has 28 heavy (non-hydrogen) atoms. The van der Waals surface area contributed by atoms with Crippen LogP contribution in [0.1, 0.15) is 43.2 Å². The van der Waals surface area contributed by atoms with Gasteiger partial charge in [-0.15, -0.1) is 0 Å². The number of amides is 1. The van der Waals surface area contributed by atoms with E-state index in [0.29, 0.717) is 30.9 Å². The second kappa shape index (κ2) is 8.76. The number of benzene rings is 2. The molecular formula is C24H29FN2O. The fraction of sp³-hybridized carbons (Fsp3) is 0.458. The first-order valence-electron chi connectivity index (χ1n) is 10.6. The molecule has 0 saturated carbocycles. The molecular weight excluding hydrogens is 351 g/mol. The van der Waals surface area contributed by atoms with Crippen LogP contribution in [0.25, 0.3) is 0 Å². The summed E-state index contributed by atoms with van der Waals surface area (Å²) in [4.78, 5) is 17.4. The molecule has 1 fully saturated rings. The number of carbonyl (C=O) groups excluding carboxylic acids is 1. The van der Waals surface area contributed by atoms with Gasteiger partial charge in [0, 0.05) is 37.8 Å². The number of fused-ring (bicyclic) bond motifs is 1. The van der Waals surface area contributed by atoms with E-state index in [2.05, 4.69) is 34.1 Å². The molecule has 0 aromatic heterocycles. The van der Waals surface area contributed by atoms with Gasteiger partial charge in [-0.05, 0) is 61.8 Å². The number of carbonyl (C=O) groups is 1. The first-order valence-corrected chi connectivity index (χ1v) is 10.6. The minimum Gasteiger partial charge on any atom is -0.369 e. The summed E-state index contributed by atoms with van der Waals surface area (Å²) in [5, 5.41) is 0. The molecule has 0 radical (unpaired) electrons. The fourth-order valence-corrected chi connectivity index (χ4v) is 4.68. The van der Waals surface area contributed by atoms with Crippen molar-refractivity contribution in [2.24, 2.45) is 0 Å². The first-order chi connectivity index (χ1) is 13.7. The van der Waals surface area contributed by atoms with Gasteiger partial charge < -0.3 is 9.80 Å². The van der Waals surface area contributed by atoms with E-state index in [-0.39, 0.29) is 11.7 Å². The molecule has 2 aromatic carbocycles. The Labute approximate surface area is 167 Å². The van der Waals surface area contributed by atoms with E-state index in [0.717, 1.165) is 38.9 Å². The largest absolute Gasteiger partial charge is 0.369 e. The molecule has 1 unspecified atom stereocenters. The zero-order valence-corrected chi connectivity index (χ0v) is 16.4. The van der Waals surface area contributed by atoms with Crippen molar-refractivity contribution >= 4 is 11.6 Å². The molecule has 0 bridgehead atoms. The van der Waals surface area contributed by atoms with Gasteiger partial charge in [0.15, 0.2) is 0 Å². The number of halogens is 1. The van der Waals surface area contributed by atoms with Crippen molar-refractivity contribution < 1.29 is 9.18 Å². The van der Waals surface area contributed by atoms with Gasteiger partial charge in [-0.2, -0.15) is 0 Å². The van der Waals surface area contributed by atoms with Crippen LogP contribution in [-0.4, -0.2) is 36.5 Å². The maximum absolute atomic E-state index is 13.8. The van der Waals surface area contributed by atoms with E-state index in [4.69, 9.17) is 0 Å². The van der Waals surface area contributed by atoms with Gasteiger partial charge in [0.2, 0.25) is 5.91 Å². The van der Waals surface area contributed by atoms with E-state index in [1.54, 1.807) is 6.07 Å². The van der Waals surface area contributed by atoms with Gasteiger partial charge in [-0.25, -0.2) is 4.39 Å². The van der Waals surface area contributed by atoms with Crippen molar-refractivity contribution in [2.75, 3.05) is 24.5 Å². The van der Waals surface area contributed by atoms with E-state index < -0.39 is 0 Å². The lowest BCUT2D eigenvalue weighted by Crippen LogP contribution is -2.44. The number of hydrogen-bond acceptors (Lipinski definition) is 2. The molecule has 2 aliphatic heterocycles. The van der Waals surface area contributed by atoms with Gasteiger partial charge in [0.25, 0.3) is 0 Å². The molecule has 2 aliphatic rings. The summed E-state index contributed by atoms with van der Waals surface area (Å²) in [6.07, 6.45) is 6.32. The Kier molecular flexibility index (Phi) is 5.94. The van der Waals surface area contributed by atoms with Crippen LogP contribution < -0.4 is 4.90 Å². The zero-order chi connectivity index (χ0) is 19.3. The Bertz CT molecular complexity index is 822. The number of rotatable bonds is 6. The van der Waals surface area contributed by atoms with E-state index in [9.17, 15) is 9.18 Å². The molecule has 2 heterocycles. The molecule has 4 rings (SSSR count). The van der Waals surface area contributed by atoms with Crippen LogP contribution in [0.4, 0.5) is 10.1 Å². The summed E-state index contributed by atoms with van der Waals surface area (Å²) < 4.78 is 13.8. The minimum atomic E-state index is -0.169. The number of aryl methyl sites for hydroxylation is 2. The molecule has 0 aliphatic carbocycles. The average Bonchev–Trinajstić information content (AvgIpc) is 3.18. The maximum atomic E-state index is 13.8. The second-order valence-electron chi connectivity index (χ2n) is 8.01. The lowest BCUT2D eigenvalue weighted by molar-refractivity contribution is -0.131. The molecule has 148 valence electrons. The Morgan fingerprint density at radius 3 is 2.75 bits per heavy atom. The molecule has 0 N–H and O–H groups in total. The number of hydrogen-bond donors (Lipinski definition) is 0. The fourth-order valence-electron chi connectivity index (χ4n) is 4.68. The van der Waals surface area contributed by atoms with Crippen molar-refractivity contribution in [3.8, 4) is 0 Å². The average molecular weight is 381 g/mol. The Hall–Kier alpha value is -2.36. The normalized spacial score (nSPS) is 19.0. The minimum absolute atomic E-state index is 0.169. The number of para-hydroxylation sites is 1. The van der Waals surface area contributed by atoms with E-state index in [1.165, 1.54) is 23.7 Å². The number of anilines is 1. The lowest BCUT2D eigenvalue weighted by Gasteiger charge is -2.36. The Morgan fingerprint density at radius 2 is 1.86 bits per heavy atom. The Balaban J connectivity index is 1.33. The quantitative estimate of drug-likeness (QED) is 0.732. The van der Waals surface area contributed by atoms with Gasteiger partial charge >= 0.3 is 0 Å². The number of nitrogens with zero attached hydrogens (tertiary/aromatic N) is 2. The summed E-state index contributed by atoms with van der Waals surface area (Å²) in [6, 6.07) is 15.8. The van der Waals surface area contributed by atoms with E-state index in [1.807, 2.05) is 12.1 Å². The zero-order valence-electron chi connectivity index (χ0n) is 16.4. The molecule has 1 atom stereocenters. The molecule has 1 saturated heterocycles. The van der Waals surface area contributed by atoms with Gasteiger partial charge in [-0.3, -0.25) is 4.79 Å². The summed E-state index contributed by atoms with van der Waals surface area (Å²) >= 11 is 0. The SMILES string of the molecule is O=C(CCCc1ccccc1F)N1CCCC1CN1CCCc2ccccc21. The third-order valence-electron chi connectivity index (χ3n) is 6.13. The van der Waals surface area contributed by atoms with Crippen LogP contribution in [-0.2, 0) is 17.6 Å². The molecule has 4 heteroatoms. The third-order valence-corrected chi connectivity index (χ3v) is 6.13. The van der Waals surface area contributed by atoms with Crippen LogP contribution in [0.15, 0.2) is 48.5 Å². The van der Waals surface area contributed by atoms with Crippen LogP contribution in [0.5, 0.6) is 0 Å². The Morgan fingerprint density at radius 1 is 1.04 bits per heavy atom. The summed E-state index contributed by atoms with van der Waals surface area (Å²) in [6.45, 7) is 2.86. The predicted molar refractivity (Wildman–Crippen MR) is 111 cm³/mol. The predicted octanol–water partition coefficient (Wildman–Crippen LogP) is 4.59. The highest BCUT2D eigenvalue weighted by Crippen LogP contribution is 2.29. The van der Waals surface area contributed by atoms with Gasteiger partial charge in [0.1, 0.15) is 5.82 Å². The van der Waals surface area contributed by atoms with E-state index >= 15 is 0 Å². The lowest BCUT2D eigenvalue weighted by atomic mass is 10.0. The second-order valence-corrected chi connectivity index (χ2v) is 8.01. The van der Waals surface area contributed by atoms with Crippen LogP contribution in [0, 0.1) is 5.82 Å².